The molecule has 0 fully saturated rings. The summed E-state index contributed by atoms with van der Waals surface area (Å²) in [6.45, 7) is 9.79. The second kappa shape index (κ2) is 10.4. The molecular weight excluding hydrogens is 152 g/mol. The molecule has 0 aliphatic heterocycles. The van der Waals surface area contributed by atoms with E-state index in [1.165, 1.54) is 0 Å². The van der Waals surface area contributed by atoms with Crippen LogP contribution in [0.25, 0.3) is 0 Å². The van der Waals surface area contributed by atoms with E-state index in [2.05, 4.69) is 6.58 Å². The Balaban J connectivity index is 0. The van der Waals surface area contributed by atoms with Gasteiger partial charge in [0.15, 0.2) is 0 Å². The highest BCUT2D eigenvalue weighted by atomic mass is 16.3. The van der Waals surface area contributed by atoms with Crippen molar-refractivity contribution < 1.29 is 10.2 Å². The van der Waals surface area contributed by atoms with Crippen LogP contribution in [0.2, 0.25) is 0 Å². The molecule has 72 valence electrons. The second-order valence-electron chi connectivity index (χ2n) is 2.89. The summed E-state index contributed by atoms with van der Waals surface area (Å²) in [5.74, 6) is 0. The van der Waals surface area contributed by atoms with Crippen LogP contribution in [0.3, 0.4) is 0 Å². The first-order chi connectivity index (χ1) is 5.54. The Hall–Kier alpha value is -0.600. The fourth-order valence-corrected chi connectivity index (χ4v) is 0.373. The molecule has 0 bridgehead atoms. The number of aliphatic hydroxyl groups is 2. The van der Waals surface area contributed by atoms with E-state index in [0.29, 0.717) is 0 Å². The number of aliphatic hydroxyl groups excluding tert-OH is 2. The van der Waals surface area contributed by atoms with E-state index < -0.39 is 0 Å². The Morgan fingerprint density at radius 1 is 1.25 bits per heavy atom. The average molecular weight is 172 g/mol. The molecule has 2 nitrogen and oxygen atoms in total. The maximum Gasteiger partial charge on any atom is 0.0614 e. The maximum absolute atomic E-state index is 8.18. The third-order valence-corrected chi connectivity index (χ3v) is 1.04. The minimum atomic E-state index is 0.169. The van der Waals surface area contributed by atoms with Crippen LogP contribution in [-0.4, -0.2) is 23.4 Å². The second-order valence-corrected chi connectivity index (χ2v) is 2.89. The topological polar surface area (TPSA) is 40.5 Å². The summed E-state index contributed by atoms with van der Waals surface area (Å²) in [6, 6.07) is 0. The Morgan fingerprint density at radius 2 is 1.75 bits per heavy atom. The van der Waals surface area contributed by atoms with Crippen molar-refractivity contribution >= 4 is 0 Å². The van der Waals surface area contributed by atoms with E-state index >= 15 is 0 Å². The molecule has 0 aromatic carbocycles. The van der Waals surface area contributed by atoms with Gasteiger partial charge in [-0.1, -0.05) is 17.2 Å². The highest BCUT2D eigenvalue weighted by molar-refractivity contribution is 4.91. The number of rotatable bonds is 3. The summed E-state index contributed by atoms with van der Waals surface area (Å²) in [7, 11) is 0. The molecule has 0 spiro atoms. The molecule has 12 heavy (non-hydrogen) atoms. The smallest absolute Gasteiger partial charge is 0.0614 e. The number of hydrogen-bond donors (Lipinski definition) is 2. The lowest BCUT2D eigenvalue weighted by molar-refractivity contribution is 0.299. The van der Waals surface area contributed by atoms with Gasteiger partial charge in [0.05, 0.1) is 6.61 Å². The first kappa shape index (κ1) is 14.0. The summed E-state index contributed by atoms with van der Waals surface area (Å²) in [5.41, 5.74) is 2.20. The van der Waals surface area contributed by atoms with E-state index in [9.17, 15) is 0 Å². The largest absolute Gasteiger partial charge is 0.396 e. The molecule has 0 aromatic rings. The van der Waals surface area contributed by atoms with Crippen LogP contribution >= 0.6 is 0 Å². The van der Waals surface area contributed by atoms with Crippen LogP contribution in [0.5, 0.6) is 0 Å². The first-order valence-electron chi connectivity index (χ1n) is 4.04. The third-order valence-electron chi connectivity index (χ3n) is 1.04. The Labute approximate surface area is 75.2 Å². The fraction of sp³-hybridized carbons (Fsp3) is 0.600. The number of allylic oxidation sites excluding steroid dienone is 1. The highest BCUT2D eigenvalue weighted by Crippen LogP contribution is 1.90. The summed E-state index contributed by atoms with van der Waals surface area (Å²) in [6.07, 6.45) is 2.50. The van der Waals surface area contributed by atoms with Crippen molar-refractivity contribution in [1.29, 1.82) is 0 Å². The molecule has 2 N–H and O–H groups in total. The van der Waals surface area contributed by atoms with Crippen LogP contribution in [0, 0.1) is 0 Å². The molecule has 0 aromatic heterocycles. The van der Waals surface area contributed by atoms with Gasteiger partial charge in [0.25, 0.3) is 0 Å². The quantitative estimate of drug-likeness (QED) is 0.638. The lowest BCUT2D eigenvalue weighted by Gasteiger charge is -1.87. The lowest BCUT2D eigenvalue weighted by atomic mass is 10.3. The van der Waals surface area contributed by atoms with Crippen molar-refractivity contribution in [1.82, 2.24) is 0 Å². The van der Waals surface area contributed by atoms with Crippen LogP contribution < -0.4 is 0 Å². The average Bonchev–Trinajstić information content (AvgIpc) is 1.87. The van der Waals surface area contributed by atoms with Crippen molar-refractivity contribution in [2.45, 2.75) is 27.2 Å². The van der Waals surface area contributed by atoms with E-state index in [4.69, 9.17) is 10.2 Å². The van der Waals surface area contributed by atoms with Crippen molar-refractivity contribution in [2.24, 2.45) is 0 Å². The molecular formula is C10H20O2. The first-order valence-corrected chi connectivity index (χ1v) is 4.04. The standard InChI is InChI=1S/2C5H10O/c2*1-5(2)3-4-6/h3,6H,4H2,1-2H3;6H,1,3-4H2,2H3. The Bertz CT molecular complexity index is 133. The van der Waals surface area contributed by atoms with Crippen LogP contribution in [0.4, 0.5) is 0 Å². The Morgan fingerprint density at radius 3 is 1.75 bits per heavy atom. The van der Waals surface area contributed by atoms with Gasteiger partial charge in [0, 0.05) is 6.61 Å². The maximum atomic E-state index is 8.18. The van der Waals surface area contributed by atoms with Crippen LogP contribution in [0.1, 0.15) is 27.2 Å². The van der Waals surface area contributed by atoms with Crippen molar-refractivity contribution in [3.63, 3.8) is 0 Å². The van der Waals surface area contributed by atoms with Crippen LogP contribution in [-0.2, 0) is 0 Å². The minimum Gasteiger partial charge on any atom is -0.396 e. The van der Waals surface area contributed by atoms with Gasteiger partial charge in [0.2, 0.25) is 0 Å². The van der Waals surface area contributed by atoms with Gasteiger partial charge in [0.1, 0.15) is 0 Å². The van der Waals surface area contributed by atoms with Gasteiger partial charge in [-0.15, -0.1) is 6.58 Å². The molecule has 0 aliphatic carbocycles. The predicted octanol–water partition coefficient (Wildman–Crippen LogP) is 1.89. The normalized spacial score (nSPS) is 8.08. The van der Waals surface area contributed by atoms with Gasteiger partial charge >= 0.3 is 0 Å². The van der Waals surface area contributed by atoms with E-state index in [1.54, 1.807) is 6.08 Å². The fourth-order valence-electron chi connectivity index (χ4n) is 0.373. The molecule has 0 saturated carbocycles. The van der Waals surface area contributed by atoms with Crippen LogP contribution in [0.15, 0.2) is 23.8 Å². The van der Waals surface area contributed by atoms with Crippen molar-refractivity contribution in [3.8, 4) is 0 Å². The van der Waals surface area contributed by atoms with Crippen molar-refractivity contribution in [3.05, 3.63) is 23.8 Å². The molecule has 0 amide bonds. The summed E-state index contributed by atoms with van der Waals surface area (Å²) >= 11 is 0. The molecule has 2 heteroatoms. The van der Waals surface area contributed by atoms with E-state index in [0.717, 1.165) is 17.6 Å². The van der Waals surface area contributed by atoms with Crippen molar-refractivity contribution in [2.75, 3.05) is 13.2 Å². The SMILES string of the molecule is C=C(C)CCO.CC(C)=CCO. The zero-order valence-electron chi connectivity index (χ0n) is 8.30. The molecule has 0 atom stereocenters. The summed E-state index contributed by atoms with van der Waals surface area (Å²) < 4.78 is 0. The zero-order valence-corrected chi connectivity index (χ0v) is 8.30. The highest BCUT2D eigenvalue weighted by Gasteiger charge is 1.77. The molecule has 0 unspecified atom stereocenters. The molecule has 0 aliphatic rings. The molecule has 0 radical (unpaired) electrons. The van der Waals surface area contributed by atoms with Gasteiger partial charge in [-0.2, -0.15) is 0 Å². The lowest BCUT2D eigenvalue weighted by Crippen LogP contribution is -1.79. The van der Waals surface area contributed by atoms with Gasteiger partial charge < -0.3 is 10.2 Å². The molecule has 0 saturated heterocycles. The summed E-state index contributed by atoms with van der Waals surface area (Å²) in [4.78, 5) is 0. The van der Waals surface area contributed by atoms with E-state index in [1.807, 2.05) is 20.8 Å². The van der Waals surface area contributed by atoms with Gasteiger partial charge in [-0.3, -0.25) is 0 Å². The molecule has 0 rings (SSSR count). The number of hydrogen-bond acceptors (Lipinski definition) is 2. The van der Waals surface area contributed by atoms with Gasteiger partial charge in [-0.25, -0.2) is 0 Å². The Kier molecular flexibility index (Phi) is 12.1. The minimum absolute atomic E-state index is 0.169. The van der Waals surface area contributed by atoms with E-state index in [-0.39, 0.29) is 13.2 Å². The third kappa shape index (κ3) is 22.7. The van der Waals surface area contributed by atoms with Gasteiger partial charge in [-0.05, 0) is 27.2 Å². The predicted molar refractivity (Wildman–Crippen MR) is 53.0 cm³/mol. The monoisotopic (exact) mass is 172 g/mol. The zero-order chi connectivity index (χ0) is 9.98. The molecule has 0 heterocycles. The summed E-state index contributed by atoms with van der Waals surface area (Å²) in [5, 5.41) is 16.3.